The maximum absolute atomic E-state index is 13.1. The average molecular weight is 308 g/mol. The van der Waals surface area contributed by atoms with Crippen LogP contribution < -0.4 is 10.1 Å². The zero-order chi connectivity index (χ0) is 14.8. The number of nitrogens with one attached hydrogen (secondary N) is 2. The number of anilines is 1. The monoisotopic (exact) mass is 307 g/mol. The van der Waals surface area contributed by atoms with Crippen LogP contribution in [0.4, 0.5) is 10.3 Å². The van der Waals surface area contributed by atoms with Crippen molar-refractivity contribution in [2.24, 2.45) is 0 Å². The molecule has 0 aliphatic rings. The van der Waals surface area contributed by atoms with Gasteiger partial charge in [-0.15, -0.1) is 0 Å². The molecular weight excluding hydrogens is 297 g/mol. The lowest BCUT2D eigenvalue weighted by Gasteiger charge is -2.09. The number of rotatable bonds is 4. The number of ether oxygens (including phenoxy) is 1. The van der Waals surface area contributed by atoms with E-state index >= 15 is 0 Å². The van der Waals surface area contributed by atoms with Crippen molar-refractivity contribution in [3.63, 3.8) is 0 Å². The molecule has 6 nitrogen and oxygen atoms in total. The summed E-state index contributed by atoms with van der Waals surface area (Å²) in [5.41, 5.74) is 0.536. The van der Waals surface area contributed by atoms with E-state index in [0.29, 0.717) is 35.2 Å². The van der Waals surface area contributed by atoms with Gasteiger partial charge in [0.25, 0.3) is 0 Å². The van der Waals surface area contributed by atoms with Crippen LogP contribution in [0, 0.1) is 5.82 Å². The van der Waals surface area contributed by atoms with Gasteiger partial charge in [-0.3, -0.25) is 5.10 Å². The first kappa shape index (κ1) is 13.6. The van der Waals surface area contributed by atoms with Gasteiger partial charge in [-0.25, -0.2) is 4.39 Å². The molecule has 0 radical (unpaired) electrons. The molecular formula is C13H11ClFN5O. The molecule has 0 fully saturated rings. The fourth-order valence-corrected chi connectivity index (χ4v) is 1.99. The van der Waals surface area contributed by atoms with Crippen molar-refractivity contribution in [1.82, 2.24) is 20.2 Å². The quantitative estimate of drug-likeness (QED) is 0.773. The number of fused-ring (bicyclic) bond motifs is 1. The Bertz CT molecular complexity index is 791. The summed E-state index contributed by atoms with van der Waals surface area (Å²) in [6.07, 6.45) is 1.55. The minimum Gasteiger partial charge on any atom is -0.436 e. The Balaban J connectivity index is 2.04. The Labute approximate surface area is 124 Å². The van der Waals surface area contributed by atoms with Gasteiger partial charge < -0.3 is 10.1 Å². The Kier molecular flexibility index (Phi) is 3.57. The molecule has 2 aromatic heterocycles. The summed E-state index contributed by atoms with van der Waals surface area (Å²) in [5, 5.41) is 10.4. The van der Waals surface area contributed by atoms with Crippen LogP contribution in [-0.2, 0) is 0 Å². The summed E-state index contributed by atoms with van der Waals surface area (Å²) < 4.78 is 18.7. The number of hydrogen-bond acceptors (Lipinski definition) is 5. The molecule has 0 saturated heterocycles. The van der Waals surface area contributed by atoms with Crippen molar-refractivity contribution in [2.45, 2.75) is 6.92 Å². The van der Waals surface area contributed by atoms with Gasteiger partial charge in [0.2, 0.25) is 11.8 Å². The van der Waals surface area contributed by atoms with E-state index < -0.39 is 5.82 Å². The molecule has 0 bridgehead atoms. The molecule has 0 aliphatic carbocycles. The number of benzene rings is 1. The van der Waals surface area contributed by atoms with E-state index in [-0.39, 0.29) is 5.02 Å². The molecule has 0 amide bonds. The summed E-state index contributed by atoms with van der Waals surface area (Å²) in [4.78, 5) is 8.52. The Morgan fingerprint density at radius 2 is 2.24 bits per heavy atom. The van der Waals surface area contributed by atoms with Crippen LogP contribution in [0.2, 0.25) is 5.02 Å². The maximum atomic E-state index is 13.1. The molecule has 2 heterocycles. The molecule has 0 unspecified atom stereocenters. The zero-order valence-corrected chi connectivity index (χ0v) is 11.8. The van der Waals surface area contributed by atoms with Gasteiger partial charge >= 0.3 is 0 Å². The Morgan fingerprint density at radius 1 is 1.38 bits per heavy atom. The first-order valence-corrected chi connectivity index (χ1v) is 6.63. The lowest BCUT2D eigenvalue weighted by atomic mass is 10.3. The summed E-state index contributed by atoms with van der Waals surface area (Å²) in [6.45, 7) is 2.59. The first-order chi connectivity index (χ1) is 10.2. The molecule has 3 rings (SSSR count). The number of halogens is 2. The summed E-state index contributed by atoms with van der Waals surface area (Å²) in [7, 11) is 0. The standard InChI is InChI=1S/C13H11ClFN5O/c1-2-16-13-18-11-8(6-17-20-11)12(19-13)21-10-4-3-7(15)5-9(10)14/h3-6H,2H2,1H3,(H2,16,17,18,19,20). The third-order valence-corrected chi connectivity index (χ3v) is 3.01. The van der Waals surface area contributed by atoms with E-state index in [1.807, 2.05) is 6.92 Å². The number of hydrogen-bond donors (Lipinski definition) is 2. The average Bonchev–Trinajstić information content (AvgIpc) is 2.91. The fraction of sp³-hybridized carbons (Fsp3) is 0.154. The van der Waals surface area contributed by atoms with E-state index in [1.165, 1.54) is 18.2 Å². The first-order valence-electron chi connectivity index (χ1n) is 6.25. The molecule has 0 saturated carbocycles. The topological polar surface area (TPSA) is 75.7 Å². The largest absolute Gasteiger partial charge is 0.436 e. The van der Waals surface area contributed by atoms with Crippen molar-refractivity contribution in [3.8, 4) is 11.6 Å². The smallest absolute Gasteiger partial charge is 0.235 e. The van der Waals surface area contributed by atoms with Crippen LogP contribution in [0.25, 0.3) is 11.0 Å². The van der Waals surface area contributed by atoms with E-state index in [9.17, 15) is 4.39 Å². The van der Waals surface area contributed by atoms with Crippen molar-refractivity contribution in [2.75, 3.05) is 11.9 Å². The minimum atomic E-state index is -0.433. The zero-order valence-electron chi connectivity index (χ0n) is 11.0. The van der Waals surface area contributed by atoms with Gasteiger partial charge in [-0.2, -0.15) is 15.1 Å². The molecule has 0 spiro atoms. The Hall–Kier alpha value is -2.41. The van der Waals surface area contributed by atoms with E-state index in [2.05, 4.69) is 25.5 Å². The SMILES string of the molecule is CCNc1nc(Oc2ccc(F)cc2Cl)c2cn[nH]c2n1. The molecule has 0 atom stereocenters. The lowest BCUT2D eigenvalue weighted by molar-refractivity contribution is 0.467. The van der Waals surface area contributed by atoms with Crippen LogP contribution in [-0.4, -0.2) is 26.7 Å². The highest BCUT2D eigenvalue weighted by Gasteiger charge is 2.13. The summed E-state index contributed by atoms with van der Waals surface area (Å²) in [6, 6.07) is 3.88. The molecule has 108 valence electrons. The third kappa shape index (κ3) is 2.73. The van der Waals surface area contributed by atoms with Crippen LogP contribution >= 0.6 is 11.6 Å². The highest BCUT2D eigenvalue weighted by atomic mass is 35.5. The van der Waals surface area contributed by atoms with E-state index in [1.54, 1.807) is 6.20 Å². The highest BCUT2D eigenvalue weighted by molar-refractivity contribution is 6.32. The number of aromatic nitrogens is 4. The number of H-pyrrole nitrogens is 1. The van der Waals surface area contributed by atoms with Crippen molar-refractivity contribution >= 4 is 28.6 Å². The highest BCUT2D eigenvalue weighted by Crippen LogP contribution is 2.32. The van der Waals surface area contributed by atoms with Gasteiger partial charge in [-0.05, 0) is 25.1 Å². The van der Waals surface area contributed by atoms with Gasteiger partial charge in [0.15, 0.2) is 5.65 Å². The van der Waals surface area contributed by atoms with Gasteiger partial charge in [-0.1, -0.05) is 11.6 Å². The van der Waals surface area contributed by atoms with Crippen LogP contribution in [0.1, 0.15) is 6.92 Å². The molecule has 21 heavy (non-hydrogen) atoms. The second-order valence-corrected chi connectivity index (χ2v) is 4.60. The van der Waals surface area contributed by atoms with Gasteiger partial charge in [0, 0.05) is 6.54 Å². The van der Waals surface area contributed by atoms with Crippen molar-refractivity contribution in [1.29, 1.82) is 0 Å². The van der Waals surface area contributed by atoms with Gasteiger partial charge in [0.05, 0.1) is 11.2 Å². The molecule has 3 aromatic rings. The maximum Gasteiger partial charge on any atom is 0.235 e. The van der Waals surface area contributed by atoms with E-state index in [0.717, 1.165) is 0 Å². The molecule has 2 N–H and O–H groups in total. The van der Waals surface area contributed by atoms with Crippen LogP contribution in [0.3, 0.4) is 0 Å². The molecule has 8 heteroatoms. The summed E-state index contributed by atoms with van der Waals surface area (Å²) >= 11 is 5.96. The van der Waals surface area contributed by atoms with Crippen molar-refractivity contribution < 1.29 is 9.13 Å². The van der Waals surface area contributed by atoms with Crippen molar-refractivity contribution in [3.05, 3.63) is 35.2 Å². The lowest BCUT2D eigenvalue weighted by Crippen LogP contribution is -2.03. The van der Waals surface area contributed by atoms with Gasteiger partial charge in [0.1, 0.15) is 17.0 Å². The molecule has 1 aromatic carbocycles. The van der Waals surface area contributed by atoms with Crippen LogP contribution in [0.5, 0.6) is 11.6 Å². The second-order valence-electron chi connectivity index (χ2n) is 4.19. The number of aromatic amines is 1. The van der Waals surface area contributed by atoms with E-state index in [4.69, 9.17) is 16.3 Å². The predicted octanol–water partition coefficient (Wildman–Crippen LogP) is 3.37. The minimum absolute atomic E-state index is 0.162. The normalized spacial score (nSPS) is 10.8. The Morgan fingerprint density at radius 3 is 3.00 bits per heavy atom. The third-order valence-electron chi connectivity index (χ3n) is 2.71. The number of nitrogens with zero attached hydrogens (tertiary/aromatic N) is 3. The predicted molar refractivity (Wildman–Crippen MR) is 77.3 cm³/mol. The molecule has 0 aliphatic heterocycles. The fourth-order valence-electron chi connectivity index (χ4n) is 1.79. The summed E-state index contributed by atoms with van der Waals surface area (Å²) in [5.74, 6) is 0.569. The second kappa shape index (κ2) is 5.53. The van der Waals surface area contributed by atoms with Crippen LogP contribution in [0.15, 0.2) is 24.4 Å².